The Balaban J connectivity index is 1.46. The van der Waals surface area contributed by atoms with Crippen LogP contribution in [0.1, 0.15) is 16.8 Å². The van der Waals surface area contributed by atoms with Crippen LogP contribution in [0.4, 0.5) is 29.3 Å². The van der Waals surface area contributed by atoms with Gasteiger partial charge in [-0.1, -0.05) is 6.07 Å². The Labute approximate surface area is 182 Å². The summed E-state index contributed by atoms with van der Waals surface area (Å²) in [6.07, 6.45) is -2.46. The SMILES string of the molecule is CNCc1cc(Oc2ccc3c(c2)CCN3C(=O)Nc2cccc(C(F)(F)F)c2)ncn1. The molecule has 32 heavy (non-hydrogen) atoms. The van der Waals surface area contributed by atoms with Crippen molar-refractivity contribution in [1.29, 1.82) is 0 Å². The maximum atomic E-state index is 12.9. The quantitative estimate of drug-likeness (QED) is 0.603. The third-order valence-electron chi connectivity index (χ3n) is 4.91. The van der Waals surface area contributed by atoms with Gasteiger partial charge in [0.1, 0.15) is 12.1 Å². The third-order valence-corrected chi connectivity index (χ3v) is 4.91. The van der Waals surface area contributed by atoms with Crippen molar-refractivity contribution in [2.24, 2.45) is 0 Å². The normalized spacial score (nSPS) is 13.1. The highest BCUT2D eigenvalue weighted by Gasteiger charge is 2.31. The Kier molecular flexibility index (Phi) is 5.95. The molecule has 0 fully saturated rings. The molecule has 4 rings (SSSR count). The molecule has 0 unspecified atom stereocenters. The van der Waals surface area contributed by atoms with E-state index in [1.54, 1.807) is 18.2 Å². The Morgan fingerprint density at radius 1 is 1.16 bits per heavy atom. The van der Waals surface area contributed by atoms with Crippen LogP contribution in [0.5, 0.6) is 11.6 Å². The molecular weight excluding hydrogens is 423 g/mol. The number of halogens is 3. The summed E-state index contributed by atoms with van der Waals surface area (Å²) in [6, 6.07) is 11.1. The Morgan fingerprint density at radius 2 is 2.00 bits per heavy atom. The minimum atomic E-state index is -4.48. The van der Waals surface area contributed by atoms with E-state index < -0.39 is 17.8 Å². The molecule has 10 heteroatoms. The van der Waals surface area contributed by atoms with Gasteiger partial charge in [-0.2, -0.15) is 13.2 Å². The molecule has 0 radical (unpaired) electrons. The van der Waals surface area contributed by atoms with Crippen molar-refractivity contribution in [3.05, 3.63) is 71.7 Å². The lowest BCUT2D eigenvalue weighted by Crippen LogP contribution is -2.33. The topological polar surface area (TPSA) is 79.4 Å². The number of ether oxygens (including phenoxy) is 1. The van der Waals surface area contributed by atoms with Crippen molar-refractivity contribution in [3.8, 4) is 11.6 Å². The van der Waals surface area contributed by atoms with E-state index in [0.29, 0.717) is 36.8 Å². The third kappa shape index (κ3) is 4.80. The summed E-state index contributed by atoms with van der Waals surface area (Å²) >= 11 is 0. The summed E-state index contributed by atoms with van der Waals surface area (Å²) in [5, 5.41) is 5.55. The fraction of sp³-hybridized carbons (Fsp3) is 0.227. The number of amides is 2. The second kappa shape index (κ2) is 8.83. The molecule has 0 aliphatic carbocycles. The Hall–Kier alpha value is -3.66. The summed E-state index contributed by atoms with van der Waals surface area (Å²) in [6.45, 7) is 0.989. The van der Waals surface area contributed by atoms with Gasteiger partial charge in [0.15, 0.2) is 0 Å². The van der Waals surface area contributed by atoms with Crippen molar-refractivity contribution < 1.29 is 22.7 Å². The van der Waals surface area contributed by atoms with Gasteiger partial charge >= 0.3 is 12.2 Å². The minimum Gasteiger partial charge on any atom is -0.439 e. The first-order chi connectivity index (χ1) is 15.3. The van der Waals surface area contributed by atoms with E-state index in [-0.39, 0.29) is 5.69 Å². The van der Waals surface area contributed by atoms with Crippen LogP contribution >= 0.6 is 0 Å². The Morgan fingerprint density at radius 3 is 2.78 bits per heavy atom. The zero-order chi connectivity index (χ0) is 22.7. The maximum Gasteiger partial charge on any atom is 0.416 e. The molecule has 0 saturated heterocycles. The van der Waals surface area contributed by atoms with Crippen molar-refractivity contribution in [2.45, 2.75) is 19.1 Å². The average Bonchev–Trinajstić information content (AvgIpc) is 3.17. The fourth-order valence-electron chi connectivity index (χ4n) is 3.45. The number of aromatic nitrogens is 2. The number of fused-ring (bicyclic) bond motifs is 1. The van der Waals surface area contributed by atoms with Crippen LogP contribution in [-0.2, 0) is 19.1 Å². The number of nitrogens with zero attached hydrogens (tertiary/aromatic N) is 3. The van der Waals surface area contributed by atoms with Gasteiger partial charge in [-0.05, 0) is 55.4 Å². The fourth-order valence-corrected chi connectivity index (χ4v) is 3.45. The molecule has 2 aromatic carbocycles. The van der Waals surface area contributed by atoms with E-state index in [0.717, 1.165) is 23.4 Å². The summed E-state index contributed by atoms with van der Waals surface area (Å²) < 4.78 is 44.6. The van der Waals surface area contributed by atoms with Crippen LogP contribution in [-0.4, -0.2) is 29.6 Å². The number of urea groups is 1. The van der Waals surface area contributed by atoms with Crippen LogP contribution in [0.25, 0.3) is 0 Å². The standard InChI is InChI=1S/C22H20F3N5O2/c1-26-12-17-11-20(28-13-27-17)32-18-5-6-19-14(9-18)7-8-30(19)21(31)29-16-4-2-3-15(10-16)22(23,24)25/h2-6,9-11,13,26H,7-8,12H2,1H3,(H,29,31). The van der Waals surface area contributed by atoms with Crippen LogP contribution in [0.2, 0.25) is 0 Å². The van der Waals surface area contributed by atoms with Gasteiger partial charge in [0.05, 0.1) is 11.3 Å². The first kappa shape index (κ1) is 21.6. The number of carbonyl (C=O) groups is 1. The highest BCUT2D eigenvalue weighted by molar-refractivity contribution is 6.03. The molecule has 7 nitrogen and oxygen atoms in total. The van der Waals surface area contributed by atoms with E-state index in [1.807, 2.05) is 13.1 Å². The minimum absolute atomic E-state index is 0.0827. The van der Waals surface area contributed by atoms with Crippen LogP contribution in [0.3, 0.4) is 0 Å². The second-order valence-electron chi connectivity index (χ2n) is 7.18. The molecule has 0 atom stereocenters. The lowest BCUT2D eigenvalue weighted by molar-refractivity contribution is -0.137. The van der Waals surface area contributed by atoms with E-state index in [4.69, 9.17) is 4.74 Å². The molecule has 166 valence electrons. The molecule has 1 aliphatic heterocycles. The van der Waals surface area contributed by atoms with Gasteiger partial charge in [-0.15, -0.1) is 0 Å². The summed E-state index contributed by atoms with van der Waals surface area (Å²) in [7, 11) is 1.82. The summed E-state index contributed by atoms with van der Waals surface area (Å²) in [5.41, 5.74) is 1.63. The number of hydrogen-bond donors (Lipinski definition) is 2. The molecule has 3 aromatic rings. The van der Waals surface area contributed by atoms with Crippen LogP contribution < -0.4 is 20.3 Å². The van der Waals surface area contributed by atoms with Crippen molar-refractivity contribution in [1.82, 2.24) is 15.3 Å². The summed E-state index contributed by atoms with van der Waals surface area (Å²) in [4.78, 5) is 22.4. The molecule has 1 aromatic heterocycles. The molecular formula is C22H20F3N5O2. The lowest BCUT2D eigenvalue weighted by Gasteiger charge is -2.19. The number of rotatable bonds is 5. The van der Waals surface area contributed by atoms with Crippen molar-refractivity contribution in [3.63, 3.8) is 0 Å². The first-order valence-electron chi connectivity index (χ1n) is 9.85. The van der Waals surface area contributed by atoms with Crippen LogP contribution in [0.15, 0.2) is 54.9 Å². The van der Waals surface area contributed by atoms with Gasteiger partial charge in [0.25, 0.3) is 0 Å². The average molecular weight is 443 g/mol. The van der Waals surface area contributed by atoms with E-state index in [1.165, 1.54) is 23.4 Å². The molecule has 2 amide bonds. The second-order valence-corrected chi connectivity index (χ2v) is 7.18. The predicted molar refractivity (Wildman–Crippen MR) is 113 cm³/mol. The molecule has 0 saturated carbocycles. The monoisotopic (exact) mass is 443 g/mol. The number of hydrogen-bond acceptors (Lipinski definition) is 5. The highest BCUT2D eigenvalue weighted by Crippen LogP contribution is 2.34. The largest absolute Gasteiger partial charge is 0.439 e. The van der Waals surface area contributed by atoms with E-state index in [2.05, 4.69) is 20.6 Å². The zero-order valence-electron chi connectivity index (χ0n) is 17.1. The van der Waals surface area contributed by atoms with Gasteiger partial charge in [-0.25, -0.2) is 14.8 Å². The molecule has 2 heterocycles. The van der Waals surface area contributed by atoms with Gasteiger partial charge < -0.3 is 15.4 Å². The van der Waals surface area contributed by atoms with Gasteiger partial charge in [0.2, 0.25) is 5.88 Å². The number of carbonyl (C=O) groups excluding carboxylic acids is 1. The lowest BCUT2D eigenvalue weighted by atomic mass is 10.1. The van der Waals surface area contributed by atoms with Gasteiger partial charge in [-0.3, -0.25) is 4.90 Å². The number of nitrogens with one attached hydrogen (secondary N) is 2. The first-order valence-corrected chi connectivity index (χ1v) is 9.85. The summed E-state index contributed by atoms with van der Waals surface area (Å²) in [5.74, 6) is 0.973. The molecule has 0 bridgehead atoms. The van der Waals surface area contributed by atoms with Gasteiger partial charge in [0, 0.05) is 30.5 Å². The van der Waals surface area contributed by atoms with Crippen molar-refractivity contribution >= 4 is 17.4 Å². The number of alkyl halides is 3. The highest BCUT2D eigenvalue weighted by atomic mass is 19.4. The van der Waals surface area contributed by atoms with E-state index in [9.17, 15) is 18.0 Å². The maximum absolute atomic E-state index is 12.9. The van der Waals surface area contributed by atoms with Crippen molar-refractivity contribution in [2.75, 3.05) is 23.8 Å². The molecule has 2 N–H and O–H groups in total. The molecule has 1 aliphatic rings. The number of anilines is 2. The predicted octanol–water partition coefficient (Wildman–Crippen LogP) is 4.60. The zero-order valence-corrected chi connectivity index (χ0v) is 17.1. The van der Waals surface area contributed by atoms with Crippen LogP contribution in [0, 0.1) is 0 Å². The van der Waals surface area contributed by atoms with E-state index >= 15 is 0 Å². The Bertz CT molecular complexity index is 1140. The number of benzene rings is 2. The molecule has 0 spiro atoms. The smallest absolute Gasteiger partial charge is 0.416 e.